The van der Waals surface area contributed by atoms with E-state index in [1.54, 1.807) is 29.1 Å². The molecule has 0 N–H and O–H groups in total. The summed E-state index contributed by atoms with van der Waals surface area (Å²) in [6, 6.07) is 3.85. The van der Waals surface area contributed by atoms with Crippen LogP contribution >= 0.6 is 39.0 Å². The second-order valence-corrected chi connectivity index (χ2v) is 6.95. The van der Waals surface area contributed by atoms with E-state index in [-0.39, 0.29) is 5.91 Å². The molecule has 21 heavy (non-hydrogen) atoms. The molecule has 7 heteroatoms. The summed E-state index contributed by atoms with van der Waals surface area (Å²) in [4.78, 5) is 22.7. The zero-order valence-electron chi connectivity index (χ0n) is 11.9. The van der Waals surface area contributed by atoms with Crippen molar-refractivity contribution < 1.29 is 4.79 Å². The van der Waals surface area contributed by atoms with Crippen LogP contribution in [-0.4, -0.2) is 34.4 Å². The first-order valence-electron chi connectivity index (χ1n) is 6.53. The number of amides is 1. The minimum atomic E-state index is 0.133. The van der Waals surface area contributed by atoms with Gasteiger partial charge in [0.1, 0.15) is 14.6 Å². The molecule has 2 aromatic heterocycles. The van der Waals surface area contributed by atoms with E-state index in [4.69, 9.17) is 0 Å². The van der Waals surface area contributed by atoms with Crippen LogP contribution < -0.4 is 4.90 Å². The highest BCUT2D eigenvalue weighted by molar-refractivity contribution is 9.10. The molecule has 2 rings (SSSR count). The summed E-state index contributed by atoms with van der Waals surface area (Å²) in [5.74, 6) is 0.968. The lowest BCUT2D eigenvalue weighted by atomic mass is 10.3. The van der Waals surface area contributed by atoms with Gasteiger partial charge < -0.3 is 4.90 Å². The number of hydrogen-bond donors (Lipinski definition) is 0. The maximum Gasteiger partial charge on any atom is 0.228 e. The number of carbonyl (C=O) groups excluding carboxylic acids is 1. The fourth-order valence-corrected chi connectivity index (χ4v) is 3.99. The van der Waals surface area contributed by atoms with Crippen LogP contribution in [0.3, 0.4) is 0 Å². The average Bonchev–Trinajstić information content (AvgIpc) is 2.89. The highest BCUT2D eigenvalue weighted by Gasteiger charge is 2.20. The second kappa shape index (κ2) is 7.91. The lowest BCUT2D eigenvalue weighted by molar-refractivity contribution is -0.118. The van der Waals surface area contributed by atoms with Gasteiger partial charge in [-0.25, -0.2) is 4.98 Å². The van der Waals surface area contributed by atoms with Gasteiger partial charge in [-0.3, -0.25) is 9.78 Å². The fraction of sp³-hybridized carbons (Fsp3) is 0.357. The quantitative estimate of drug-likeness (QED) is 0.751. The Morgan fingerprint density at radius 3 is 2.95 bits per heavy atom. The molecule has 112 valence electrons. The van der Waals surface area contributed by atoms with Crippen molar-refractivity contribution in [3.05, 3.63) is 29.1 Å². The highest BCUT2D eigenvalue weighted by atomic mass is 79.9. The third kappa shape index (κ3) is 4.05. The Bertz CT molecular complexity index is 604. The summed E-state index contributed by atoms with van der Waals surface area (Å²) in [5.41, 5.74) is 0.960. The summed E-state index contributed by atoms with van der Waals surface area (Å²) in [5, 5.41) is 1.73. The molecule has 0 spiro atoms. The van der Waals surface area contributed by atoms with Gasteiger partial charge >= 0.3 is 0 Å². The molecule has 2 aromatic rings. The molecule has 0 aliphatic rings. The van der Waals surface area contributed by atoms with Crippen molar-refractivity contribution in [2.24, 2.45) is 0 Å². The SMILES string of the molecule is CCN(C(=O)CCSC)c1sc(-c2cccnc2)nc1Br. The molecule has 0 radical (unpaired) electrons. The van der Waals surface area contributed by atoms with E-state index in [0.29, 0.717) is 17.6 Å². The van der Waals surface area contributed by atoms with Crippen LogP contribution in [0.15, 0.2) is 29.1 Å². The standard InChI is InChI=1S/C14H16BrN3OS2/c1-3-18(11(19)6-8-20-2)14-12(15)17-13(21-14)10-5-4-7-16-9-10/h4-5,7,9H,3,6,8H2,1-2H3. The molecular formula is C14H16BrN3OS2. The highest BCUT2D eigenvalue weighted by Crippen LogP contribution is 2.37. The van der Waals surface area contributed by atoms with E-state index < -0.39 is 0 Å². The summed E-state index contributed by atoms with van der Waals surface area (Å²) < 4.78 is 0.714. The van der Waals surface area contributed by atoms with Crippen molar-refractivity contribution in [2.45, 2.75) is 13.3 Å². The predicted octanol–water partition coefficient (Wildman–Crippen LogP) is 4.07. The van der Waals surface area contributed by atoms with Crippen molar-refractivity contribution in [3.63, 3.8) is 0 Å². The van der Waals surface area contributed by atoms with Gasteiger partial charge in [-0.1, -0.05) is 11.3 Å². The number of hydrogen-bond acceptors (Lipinski definition) is 5. The van der Waals surface area contributed by atoms with Gasteiger partial charge in [0, 0.05) is 36.7 Å². The zero-order valence-corrected chi connectivity index (χ0v) is 15.1. The van der Waals surface area contributed by atoms with E-state index in [1.807, 2.05) is 25.3 Å². The summed E-state index contributed by atoms with van der Waals surface area (Å²) >= 11 is 6.66. The minimum Gasteiger partial charge on any atom is -0.302 e. The molecule has 0 atom stereocenters. The monoisotopic (exact) mass is 385 g/mol. The van der Waals surface area contributed by atoms with Gasteiger partial charge in [0.25, 0.3) is 0 Å². The van der Waals surface area contributed by atoms with Crippen molar-refractivity contribution in [1.29, 1.82) is 0 Å². The summed E-state index contributed by atoms with van der Waals surface area (Å²) in [6.45, 7) is 2.62. The Balaban J connectivity index is 2.27. The van der Waals surface area contributed by atoms with Gasteiger partial charge in [-0.2, -0.15) is 11.8 Å². The van der Waals surface area contributed by atoms with Crippen molar-refractivity contribution in [2.75, 3.05) is 23.5 Å². The van der Waals surface area contributed by atoms with Crippen LogP contribution in [0, 0.1) is 0 Å². The molecule has 0 unspecified atom stereocenters. The molecule has 0 bridgehead atoms. The molecule has 0 aliphatic heterocycles. The molecule has 0 aliphatic carbocycles. The maximum atomic E-state index is 12.3. The predicted molar refractivity (Wildman–Crippen MR) is 94.1 cm³/mol. The van der Waals surface area contributed by atoms with Crippen molar-refractivity contribution >= 4 is 49.9 Å². The van der Waals surface area contributed by atoms with Crippen LogP contribution in [-0.2, 0) is 4.79 Å². The Labute approximate surface area is 141 Å². The van der Waals surface area contributed by atoms with E-state index in [9.17, 15) is 4.79 Å². The van der Waals surface area contributed by atoms with Crippen LogP contribution in [0.4, 0.5) is 5.00 Å². The molecule has 0 fully saturated rings. The van der Waals surface area contributed by atoms with E-state index in [1.165, 1.54) is 11.3 Å². The lowest BCUT2D eigenvalue weighted by Gasteiger charge is -2.18. The molecule has 1 amide bonds. The number of thioether (sulfide) groups is 1. The number of anilines is 1. The third-order valence-electron chi connectivity index (χ3n) is 2.86. The van der Waals surface area contributed by atoms with Crippen LogP contribution in [0.2, 0.25) is 0 Å². The van der Waals surface area contributed by atoms with E-state index in [0.717, 1.165) is 21.3 Å². The Morgan fingerprint density at radius 1 is 1.52 bits per heavy atom. The molecule has 0 saturated heterocycles. The maximum absolute atomic E-state index is 12.3. The van der Waals surface area contributed by atoms with Crippen molar-refractivity contribution in [1.82, 2.24) is 9.97 Å². The van der Waals surface area contributed by atoms with E-state index in [2.05, 4.69) is 25.9 Å². The normalized spacial score (nSPS) is 10.6. The number of carbonyl (C=O) groups is 1. The number of pyridine rings is 1. The van der Waals surface area contributed by atoms with Gasteiger partial charge in [-0.05, 0) is 41.2 Å². The van der Waals surface area contributed by atoms with Crippen LogP contribution in [0.1, 0.15) is 13.3 Å². The third-order valence-corrected chi connectivity index (χ3v) is 5.42. The van der Waals surface area contributed by atoms with Crippen molar-refractivity contribution in [3.8, 4) is 10.6 Å². The topological polar surface area (TPSA) is 46.1 Å². The zero-order chi connectivity index (χ0) is 15.2. The van der Waals surface area contributed by atoms with E-state index >= 15 is 0 Å². The minimum absolute atomic E-state index is 0.133. The molecule has 4 nitrogen and oxygen atoms in total. The Morgan fingerprint density at radius 2 is 2.33 bits per heavy atom. The van der Waals surface area contributed by atoms with Gasteiger partial charge in [0.15, 0.2) is 0 Å². The molecule has 0 saturated carbocycles. The lowest BCUT2D eigenvalue weighted by Crippen LogP contribution is -2.30. The molecule has 2 heterocycles. The number of nitrogens with zero attached hydrogens (tertiary/aromatic N) is 3. The first-order valence-corrected chi connectivity index (χ1v) is 9.53. The van der Waals surface area contributed by atoms with Gasteiger partial charge in [-0.15, -0.1) is 0 Å². The first-order chi connectivity index (χ1) is 10.2. The summed E-state index contributed by atoms with van der Waals surface area (Å²) in [6.07, 6.45) is 6.06. The first kappa shape index (κ1) is 16.5. The number of thiazole rings is 1. The smallest absolute Gasteiger partial charge is 0.228 e. The molecular weight excluding hydrogens is 370 g/mol. The average molecular weight is 386 g/mol. The largest absolute Gasteiger partial charge is 0.302 e. The van der Waals surface area contributed by atoms with Gasteiger partial charge in [0.05, 0.1) is 0 Å². The number of halogens is 1. The Kier molecular flexibility index (Phi) is 6.20. The van der Waals surface area contributed by atoms with Crippen LogP contribution in [0.25, 0.3) is 10.6 Å². The molecule has 0 aromatic carbocycles. The van der Waals surface area contributed by atoms with Crippen LogP contribution in [0.5, 0.6) is 0 Å². The van der Waals surface area contributed by atoms with Gasteiger partial charge in [0.2, 0.25) is 5.91 Å². The summed E-state index contributed by atoms with van der Waals surface area (Å²) in [7, 11) is 0. The fourth-order valence-electron chi connectivity index (χ4n) is 1.83. The Hall–Kier alpha value is -0.920. The second-order valence-electron chi connectivity index (χ2n) is 4.24. The number of aromatic nitrogens is 2. The number of rotatable bonds is 6.